The lowest BCUT2D eigenvalue weighted by atomic mass is 10.0. The largest absolute Gasteiger partial charge is 0.496 e. The van der Waals surface area contributed by atoms with Crippen LogP contribution in [0, 0.1) is 0 Å². The van der Waals surface area contributed by atoms with Gasteiger partial charge in [0.05, 0.1) is 23.2 Å². The van der Waals surface area contributed by atoms with Gasteiger partial charge >= 0.3 is 0 Å². The molecule has 0 spiro atoms. The molecule has 0 aliphatic heterocycles. The van der Waals surface area contributed by atoms with Gasteiger partial charge in [0, 0.05) is 17.8 Å². The maximum absolute atomic E-state index is 6.02. The molecule has 0 unspecified atom stereocenters. The first kappa shape index (κ1) is 19.8. The summed E-state index contributed by atoms with van der Waals surface area (Å²) in [6, 6.07) is 13.4. The van der Waals surface area contributed by atoms with E-state index in [1.807, 2.05) is 38.4 Å². The fourth-order valence-corrected chi connectivity index (χ4v) is 2.95. The minimum Gasteiger partial charge on any atom is -0.496 e. The number of nitrogens with zero attached hydrogens (tertiary/aromatic N) is 1. The van der Waals surface area contributed by atoms with Crippen LogP contribution in [-0.4, -0.2) is 37.8 Å². The number of hydrogen-bond donors (Lipinski definition) is 2. The second kappa shape index (κ2) is 9.25. The predicted octanol–water partition coefficient (Wildman–Crippen LogP) is 4.59. The number of anilines is 1. The molecule has 0 fully saturated rings. The van der Waals surface area contributed by atoms with Crippen LogP contribution in [-0.2, 0) is 0 Å². The topological polar surface area (TPSA) is 36.5 Å². The second-order valence-electron chi connectivity index (χ2n) is 5.69. The number of hydrogen-bond acceptors (Lipinski definition) is 3. The van der Waals surface area contributed by atoms with Crippen molar-refractivity contribution in [2.24, 2.45) is 0 Å². The maximum atomic E-state index is 6.02. The van der Waals surface area contributed by atoms with Crippen LogP contribution in [0.3, 0.4) is 0 Å². The fourth-order valence-electron chi connectivity index (χ4n) is 2.45. The van der Waals surface area contributed by atoms with Crippen LogP contribution in [0.25, 0.3) is 0 Å². The van der Waals surface area contributed by atoms with Gasteiger partial charge in [0.2, 0.25) is 0 Å². The molecule has 1 atom stereocenters. The first-order valence-corrected chi connectivity index (χ1v) is 8.88. The molecule has 0 radical (unpaired) electrons. The summed E-state index contributed by atoms with van der Waals surface area (Å²) in [6.07, 6.45) is 0. The SMILES string of the molecule is COc1ccccc1[C@H](CNC(=S)Nc1ccc(Cl)c(Cl)c1)N(C)C. The maximum Gasteiger partial charge on any atom is 0.170 e. The number of likely N-dealkylation sites (N-methyl/N-ethyl adjacent to an activating group) is 1. The van der Waals surface area contributed by atoms with Gasteiger partial charge in [-0.25, -0.2) is 0 Å². The van der Waals surface area contributed by atoms with E-state index < -0.39 is 0 Å². The van der Waals surface area contributed by atoms with Crippen molar-refractivity contribution in [3.05, 3.63) is 58.1 Å². The highest BCUT2D eigenvalue weighted by molar-refractivity contribution is 7.80. The molecule has 25 heavy (non-hydrogen) atoms. The van der Waals surface area contributed by atoms with E-state index in [2.05, 4.69) is 21.6 Å². The van der Waals surface area contributed by atoms with E-state index in [-0.39, 0.29) is 6.04 Å². The molecule has 2 N–H and O–H groups in total. The third-order valence-corrected chi connectivity index (χ3v) is 4.74. The molecule has 0 saturated carbocycles. The smallest absolute Gasteiger partial charge is 0.170 e. The molecule has 134 valence electrons. The molecule has 0 saturated heterocycles. The van der Waals surface area contributed by atoms with Crippen molar-refractivity contribution in [1.29, 1.82) is 0 Å². The van der Waals surface area contributed by atoms with Crippen molar-refractivity contribution in [2.45, 2.75) is 6.04 Å². The molecule has 2 aromatic carbocycles. The average Bonchev–Trinajstić information content (AvgIpc) is 2.58. The Morgan fingerprint density at radius 3 is 2.52 bits per heavy atom. The molecular formula is C18H21Cl2N3OS. The van der Waals surface area contributed by atoms with Crippen LogP contribution >= 0.6 is 35.4 Å². The summed E-state index contributed by atoms with van der Waals surface area (Å²) in [4.78, 5) is 2.12. The zero-order valence-corrected chi connectivity index (χ0v) is 16.7. The number of ether oxygens (including phenoxy) is 1. The number of rotatable bonds is 6. The van der Waals surface area contributed by atoms with Crippen molar-refractivity contribution < 1.29 is 4.74 Å². The normalized spacial score (nSPS) is 11.9. The molecule has 0 aliphatic rings. The van der Waals surface area contributed by atoms with E-state index in [0.29, 0.717) is 21.7 Å². The van der Waals surface area contributed by atoms with Crippen LogP contribution in [0.5, 0.6) is 5.75 Å². The monoisotopic (exact) mass is 397 g/mol. The Bertz CT molecular complexity index is 740. The Kier molecular flexibility index (Phi) is 7.32. The van der Waals surface area contributed by atoms with Crippen LogP contribution in [0.15, 0.2) is 42.5 Å². The Labute approximate surface area is 164 Å². The summed E-state index contributed by atoms with van der Waals surface area (Å²) in [7, 11) is 5.72. The third-order valence-electron chi connectivity index (χ3n) is 3.75. The van der Waals surface area contributed by atoms with Gasteiger partial charge in [-0.05, 0) is 50.6 Å². The molecule has 0 aliphatic carbocycles. The predicted molar refractivity (Wildman–Crippen MR) is 110 cm³/mol. The van der Waals surface area contributed by atoms with Gasteiger partial charge in [0.1, 0.15) is 5.75 Å². The first-order chi connectivity index (χ1) is 11.9. The van der Waals surface area contributed by atoms with Crippen molar-refractivity contribution in [1.82, 2.24) is 10.2 Å². The Morgan fingerprint density at radius 1 is 1.16 bits per heavy atom. The molecule has 2 rings (SSSR count). The average molecular weight is 398 g/mol. The van der Waals surface area contributed by atoms with Gasteiger partial charge < -0.3 is 20.3 Å². The highest BCUT2D eigenvalue weighted by Gasteiger charge is 2.18. The second-order valence-corrected chi connectivity index (χ2v) is 6.91. The fraction of sp³-hybridized carbons (Fsp3) is 0.278. The third kappa shape index (κ3) is 5.47. The van der Waals surface area contributed by atoms with Gasteiger partial charge in [-0.3, -0.25) is 0 Å². The summed E-state index contributed by atoms with van der Waals surface area (Å²) in [5, 5.41) is 7.86. The number of methoxy groups -OCH3 is 1. The van der Waals surface area contributed by atoms with E-state index in [1.54, 1.807) is 19.2 Å². The highest BCUT2D eigenvalue weighted by atomic mass is 35.5. The van der Waals surface area contributed by atoms with Crippen molar-refractivity contribution >= 4 is 46.2 Å². The Balaban J connectivity index is 2.03. The molecule has 2 aromatic rings. The van der Waals surface area contributed by atoms with Crippen LogP contribution in [0.1, 0.15) is 11.6 Å². The van der Waals surface area contributed by atoms with Crippen LogP contribution < -0.4 is 15.4 Å². The molecule has 0 bridgehead atoms. The van der Waals surface area contributed by atoms with E-state index in [4.69, 9.17) is 40.2 Å². The summed E-state index contributed by atoms with van der Waals surface area (Å²) in [6.45, 7) is 0.626. The summed E-state index contributed by atoms with van der Waals surface area (Å²) < 4.78 is 5.47. The van der Waals surface area contributed by atoms with Gasteiger partial charge in [-0.2, -0.15) is 0 Å². The Morgan fingerprint density at radius 2 is 1.88 bits per heavy atom. The lowest BCUT2D eigenvalue weighted by Gasteiger charge is -2.27. The van der Waals surface area contributed by atoms with Gasteiger partial charge in [-0.15, -0.1) is 0 Å². The number of thiocarbonyl (C=S) groups is 1. The number of benzene rings is 2. The standard InChI is InChI=1S/C18H21Cl2N3OS/c1-23(2)16(13-6-4-5-7-17(13)24-3)11-21-18(25)22-12-8-9-14(19)15(20)10-12/h4-10,16H,11H2,1-3H3,(H2,21,22,25)/t16-/m0/s1. The minimum atomic E-state index is 0.102. The Hall–Kier alpha value is -1.53. The highest BCUT2D eigenvalue weighted by Crippen LogP contribution is 2.27. The zero-order valence-electron chi connectivity index (χ0n) is 14.3. The summed E-state index contributed by atoms with van der Waals surface area (Å²) >= 11 is 17.3. The first-order valence-electron chi connectivity index (χ1n) is 7.71. The quantitative estimate of drug-likeness (QED) is 0.696. The minimum absolute atomic E-state index is 0.102. The lowest BCUT2D eigenvalue weighted by molar-refractivity contribution is 0.288. The molecule has 0 heterocycles. The van der Waals surface area contributed by atoms with Crippen LogP contribution in [0.4, 0.5) is 5.69 Å². The van der Waals surface area contributed by atoms with Gasteiger partial charge in [0.25, 0.3) is 0 Å². The van der Waals surface area contributed by atoms with Gasteiger partial charge in [-0.1, -0.05) is 41.4 Å². The van der Waals surface area contributed by atoms with E-state index in [9.17, 15) is 0 Å². The number of para-hydroxylation sites is 1. The van der Waals surface area contributed by atoms with Crippen LogP contribution in [0.2, 0.25) is 10.0 Å². The van der Waals surface area contributed by atoms with E-state index in [1.165, 1.54) is 0 Å². The van der Waals surface area contributed by atoms with E-state index in [0.717, 1.165) is 17.0 Å². The molecule has 4 nitrogen and oxygen atoms in total. The molecule has 0 amide bonds. The zero-order chi connectivity index (χ0) is 18.4. The van der Waals surface area contributed by atoms with Crippen molar-refractivity contribution in [2.75, 3.05) is 33.1 Å². The van der Waals surface area contributed by atoms with E-state index >= 15 is 0 Å². The molecular weight excluding hydrogens is 377 g/mol. The summed E-state index contributed by atoms with van der Waals surface area (Å²) in [5.41, 5.74) is 1.88. The summed E-state index contributed by atoms with van der Waals surface area (Å²) in [5.74, 6) is 0.853. The van der Waals surface area contributed by atoms with Crippen molar-refractivity contribution in [3.63, 3.8) is 0 Å². The van der Waals surface area contributed by atoms with Crippen molar-refractivity contribution in [3.8, 4) is 5.75 Å². The molecule has 0 aromatic heterocycles. The number of halogens is 2. The number of nitrogens with one attached hydrogen (secondary N) is 2. The van der Waals surface area contributed by atoms with Gasteiger partial charge in [0.15, 0.2) is 5.11 Å². The lowest BCUT2D eigenvalue weighted by Crippen LogP contribution is -2.36. The molecule has 7 heteroatoms.